The zero-order chi connectivity index (χ0) is 10.5. The molecule has 0 aromatic heterocycles. The summed E-state index contributed by atoms with van der Waals surface area (Å²) in [4.78, 5) is 24.2. The Balaban J connectivity index is 1.93. The van der Waals surface area contributed by atoms with Crippen LogP contribution in [-0.4, -0.2) is 21.2 Å². The maximum atomic E-state index is 12.1. The maximum Gasteiger partial charge on any atom is 0.150 e. The predicted octanol–water partition coefficient (Wildman–Crippen LogP) is 1.79. The first-order chi connectivity index (χ1) is 7.13. The van der Waals surface area contributed by atoms with Crippen LogP contribution >= 0.6 is 31.9 Å². The quantitative estimate of drug-likeness (QED) is 0.633. The minimum atomic E-state index is 0.0284. The monoisotopic (exact) mass is 332 g/mol. The second-order valence-corrected chi connectivity index (χ2v) is 7.35. The van der Waals surface area contributed by atoms with Crippen LogP contribution in [0, 0.1) is 35.5 Å². The van der Waals surface area contributed by atoms with E-state index < -0.39 is 0 Å². The Morgan fingerprint density at radius 2 is 1.27 bits per heavy atom. The van der Waals surface area contributed by atoms with E-state index >= 15 is 0 Å². The van der Waals surface area contributed by atoms with Gasteiger partial charge < -0.3 is 0 Å². The zero-order valence-electron chi connectivity index (χ0n) is 7.90. The normalized spacial score (nSPS) is 64.7. The number of carbonyl (C=O) groups excluding carboxylic acids is 2. The number of carbonyl (C=O) groups is 2. The SMILES string of the molecule is O=C1C(Br)C2[C@@H]3[C@@H]4C[C@H]2[C@H]1[C@@H]4C(=O)[C@@H]3Br. The molecule has 0 spiro atoms. The predicted molar refractivity (Wildman–Crippen MR) is 61.0 cm³/mol. The van der Waals surface area contributed by atoms with Crippen LogP contribution < -0.4 is 0 Å². The fourth-order valence-electron chi connectivity index (χ4n) is 4.85. The highest BCUT2D eigenvalue weighted by atomic mass is 79.9. The van der Waals surface area contributed by atoms with Crippen LogP contribution in [-0.2, 0) is 9.59 Å². The second-order valence-electron chi connectivity index (χ2n) is 5.38. The van der Waals surface area contributed by atoms with Crippen LogP contribution in [0.25, 0.3) is 0 Å². The number of alkyl halides is 2. The van der Waals surface area contributed by atoms with Gasteiger partial charge in [0, 0.05) is 11.8 Å². The van der Waals surface area contributed by atoms with Crippen molar-refractivity contribution in [1.29, 1.82) is 0 Å². The molecule has 80 valence electrons. The summed E-state index contributed by atoms with van der Waals surface area (Å²) >= 11 is 7.09. The Labute approximate surface area is 104 Å². The van der Waals surface area contributed by atoms with Crippen molar-refractivity contribution >= 4 is 43.4 Å². The summed E-state index contributed by atoms with van der Waals surface area (Å²) in [5.41, 5.74) is 0. The lowest BCUT2D eigenvalue weighted by Crippen LogP contribution is -2.29. The van der Waals surface area contributed by atoms with Crippen molar-refractivity contribution in [1.82, 2.24) is 0 Å². The molecule has 4 rings (SSSR count). The Morgan fingerprint density at radius 1 is 0.867 bits per heavy atom. The van der Waals surface area contributed by atoms with E-state index in [1.807, 2.05) is 0 Å². The van der Waals surface area contributed by atoms with Gasteiger partial charge in [0.05, 0.1) is 9.65 Å². The molecular formula is C11H10Br2O2. The van der Waals surface area contributed by atoms with E-state index in [1.54, 1.807) is 0 Å². The molecule has 0 aliphatic heterocycles. The Kier molecular flexibility index (Phi) is 1.61. The zero-order valence-corrected chi connectivity index (χ0v) is 11.1. The molecule has 4 fully saturated rings. The lowest BCUT2D eigenvalue weighted by molar-refractivity contribution is -0.128. The lowest BCUT2D eigenvalue weighted by Gasteiger charge is -2.25. The smallest absolute Gasteiger partial charge is 0.150 e. The van der Waals surface area contributed by atoms with Crippen LogP contribution in [0.5, 0.6) is 0 Å². The third-order valence-electron chi connectivity index (χ3n) is 5.16. The van der Waals surface area contributed by atoms with Crippen molar-refractivity contribution in [3.05, 3.63) is 0 Å². The molecule has 0 aromatic rings. The van der Waals surface area contributed by atoms with Gasteiger partial charge in [-0.2, -0.15) is 0 Å². The van der Waals surface area contributed by atoms with E-state index in [9.17, 15) is 9.59 Å². The van der Waals surface area contributed by atoms with Crippen molar-refractivity contribution in [3.8, 4) is 0 Å². The number of hydrogen-bond donors (Lipinski definition) is 0. The van der Waals surface area contributed by atoms with E-state index in [0.29, 0.717) is 35.2 Å². The summed E-state index contributed by atoms with van der Waals surface area (Å²) in [5.74, 6) is 2.63. The fraction of sp³-hybridized carbons (Fsp3) is 0.818. The van der Waals surface area contributed by atoms with Gasteiger partial charge >= 0.3 is 0 Å². The van der Waals surface area contributed by atoms with Crippen LogP contribution in [0.15, 0.2) is 0 Å². The van der Waals surface area contributed by atoms with Crippen molar-refractivity contribution < 1.29 is 9.59 Å². The maximum absolute atomic E-state index is 12.1. The van der Waals surface area contributed by atoms with Gasteiger partial charge in [-0.05, 0) is 30.1 Å². The molecule has 8 atom stereocenters. The summed E-state index contributed by atoms with van der Waals surface area (Å²) in [7, 11) is 0. The van der Waals surface area contributed by atoms with Gasteiger partial charge in [-0.1, -0.05) is 31.9 Å². The molecule has 0 aromatic carbocycles. The second kappa shape index (κ2) is 2.58. The Morgan fingerprint density at radius 3 is 1.67 bits per heavy atom. The van der Waals surface area contributed by atoms with Crippen molar-refractivity contribution in [2.45, 2.75) is 16.1 Å². The number of halogens is 2. The van der Waals surface area contributed by atoms with Gasteiger partial charge in [0.25, 0.3) is 0 Å². The van der Waals surface area contributed by atoms with E-state index in [2.05, 4.69) is 31.9 Å². The summed E-state index contributed by atoms with van der Waals surface area (Å²) < 4.78 is 0. The Bertz CT molecular complexity index is 358. The number of Topliss-reactive ketones (excluding diaryl/α,β-unsaturated/α-hetero) is 2. The molecule has 0 radical (unpaired) electrons. The van der Waals surface area contributed by atoms with E-state index in [4.69, 9.17) is 0 Å². The summed E-state index contributed by atoms with van der Waals surface area (Å²) in [6.07, 6.45) is 1.12. The number of rotatable bonds is 0. The minimum absolute atomic E-state index is 0.0284. The Hall–Kier alpha value is 0.300. The van der Waals surface area contributed by atoms with Gasteiger partial charge in [0.2, 0.25) is 0 Å². The molecule has 2 unspecified atom stereocenters. The fourth-order valence-corrected chi connectivity index (χ4v) is 6.95. The van der Waals surface area contributed by atoms with Crippen LogP contribution in [0.2, 0.25) is 0 Å². The highest BCUT2D eigenvalue weighted by Gasteiger charge is 2.74. The molecule has 0 saturated heterocycles. The molecular weight excluding hydrogens is 324 g/mol. The van der Waals surface area contributed by atoms with Gasteiger partial charge in [-0.15, -0.1) is 0 Å². The molecule has 4 aliphatic carbocycles. The standard InChI is InChI=1S/C11H10Br2O2/c12-8-4-2-1-3-5(4)9(13)11(15)7(3)6(2)10(8)14/h2-9H,1H2/t2-,3+,4-,5?,6+,7-,8+,9?/m0/s1. The summed E-state index contributed by atoms with van der Waals surface area (Å²) in [6, 6.07) is 0. The molecule has 0 amide bonds. The molecule has 4 saturated carbocycles. The topological polar surface area (TPSA) is 34.1 Å². The van der Waals surface area contributed by atoms with Crippen molar-refractivity contribution in [2.24, 2.45) is 35.5 Å². The average molecular weight is 334 g/mol. The van der Waals surface area contributed by atoms with E-state index in [0.717, 1.165) is 6.42 Å². The highest BCUT2D eigenvalue weighted by Crippen LogP contribution is 2.70. The van der Waals surface area contributed by atoms with Gasteiger partial charge in [-0.25, -0.2) is 0 Å². The third-order valence-corrected chi connectivity index (χ3v) is 7.29. The van der Waals surface area contributed by atoms with Crippen molar-refractivity contribution in [2.75, 3.05) is 0 Å². The number of ketones is 2. The largest absolute Gasteiger partial charge is 0.298 e. The van der Waals surface area contributed by atoms with Crippen LogP contribution in [0.3, 0.4) is 0 Å². The van der Waals surface area contributed by atoms with E-state index in [1.165, 1.54) is 0 Å². The first-order valence-electron chi connectivity index (χ1n) is 5.48. The lowest BCUT2D eigenvalue weighted by atomic mass is 9.79. The summed E-state index contributed by atoms with van der Waals surface area (Å²) in [6.45, 7) is 0. The first-order valence-corrected chi connectivity index (χ1v) is 7.31. The molecule has 0 N–H and O–H groups in total. The molecule has 4 heteroatoms. The minimum Gasteiger partial charge on any atom is -0.298 e. The van der Waals surface area contributed by atoms with Gasteiger partial charge in [0.15, 0.2) is 11.6 Å². The molecule has 2 nitrogen and oxygen atoms in total. The number of hydrogen-bond acceptors (Lipinski definition) is 2. The molecule has 4 aliphatic rings. The van der Waals surface area contributed by atoms with Crippen LogP contribution in [0.1, 0.15) is 6.42 Å². The first kappa shape index (κ1) is 9.34. The van der Waals surface area contributed by atoms with Crippen LogP contribution in [0.4, 0.5) is 0 Å². The highest BCUT2D eigenvalue weighted by molar-refractivity contribution is 9.10. The molecule has 2 bridgehead atoms. The average Bonchev–Trinajstić information content (AvgIpc) is 2.85. The van der Waals surface area contributed by atoms with Crippen molar-refractivity contribution in [3.63, 3.8) is 0 Å². The molecule has 0 heterocycles. The van der Waals surface area contributed by atoms with Gasteiger partial charge in [0.1, 0.15) is 0 Å². The van der Waals surface area contributed by atoms with E-state index in [-0.39, 0.29) is 21.5 Å². The third kappa shape index (κ3) is 0.791. The van der Waals surface area contributed by atoms with Gasteiger partial charge in [-0.3, -0.25) is 9.59 Å². The molecule has 15 heavy (non-hydrogen) atoms. The number of fused-ring (bicyclic) bond motifs is 2. The summed E-state index contributed by atoms with van der Waals surface area (Å²) in [5, 5.41) is 0.